The van der Waals surface area contributed by atoms with Crippen LogP contribution in [0.1, 0.15) is 18.9 Å². The fraction of sp³-hybridized carbons (Fsp3) is 0.400. The molecule has 0 saturated carbocycles. The monoisotopic (exact) mass is 310 g/mol. The molecule has 1 aromatic carbocycles. The molecule has 0 radical (unpaired) electrons. The molecule has 0 fully saturated rings. The fourth-order valence-corrected chi connectivity index (χ4v) is 1.87. The van der Waals surface area contributed by atoms with Gasteiger partial charge in [-0.3, -0.25) is 4.79 Å². The van der Waals surface area contributed by atoms with Crippen molar-refractivity contribution in [1.82, 2.24) is 5.32 Å². The highest BCUT2D eigenvalue weighted by Crippen LogP contribution is 2.13. The number of nitriles is 1. The van der Waals surface area contributed by atoms with Crippen LogP contribution in [0.4, 0.5) is 8.78 Å². The van der Waals surface area contributed by atoms with Gasteiger partial charge in [-0.15, -0.1) is 0 Å². The molecule has 22 heavy (non-hydrogen) atoms. The maximum Gasteiger partial charge on any atom is 0.328 e. The Morgan fingerprint density at radius 2 is 1.95 bits per heavy atom. The normalized spacial score (nSPS) is 12.9. The zero-order valence-electron chi connectivity index (χ0n) is 12.2. The molecule has 0 aliphatic heterocycles. The Balaban J connectivity index is 2.79. The number of hydrogen-bond acceptors (Lipinski definition) is 4. The summed E-state index contributed by atoms with van der Waals surface area (Å²) in [7, 11) is 1.15. The second kappa shape index (κ2) is 8.08. The minimum Gasteiger partial charge on any atom is -0.467 e. The van der Waals surface area contributed by atoms with Gasteiger partial charge >= 0.3 is 5.97 Å². The van der Waals surface area contributed by atoms with E-state index in [1.807, 2.05) is 6.07 Å². The smallest absolute Gasteiger partial charge is 0.328 e. The Labute approximate surface area is 126 Å². The van der Waals surface area contributed by atoms with Gasteiger partial charge in [0.15, 0.2) is 0 Å². The maximum absolute atomic E-state index is 13.5. The molecule has 0 heterocycles. The van der Waals surface area contributed by atoms with E-state index in [9.17, 15) is 18.4 Å². The number of esters is 1. The van der Waals surface area contributed by atoms with E-state index in [1.54, 1.807) is 6.92 Å². The summed E-state index contributed by atoms with van der Waals surface area (Å²) in [6.45, 7) is 1.58. The topological polar surface area (TPSA) is 79.2 Å². The van der Waals surface area contributed by atoms with E-state index in [4.69, 9.17) is 5.26 Å². The summed E-state index contributed by atoms with van der Waals surface area (Å²) in [5.74, 6) is -3.62. The average Bonchev–Trinajstić information content (AvgIpc) is 2.49. The third kappa shape index (κ3) is 4.81. The first kappa shape index (κ1) is 17.6. The number of carbonyl (C=O) groups excluding carboxylic acids is 2. The van der Waals surface area contributed by atoms with Crippen LogP contribution in [0.25, 0.3) is 0 Å². The third-order valence-electron chi connectivity index (χ3n) is 3.03. The molecule has 1 rings (SSSR count). The lowest BCUT2D eigenvalue weighted by molar-refractivity contribution is -0.145. The van der Waals surface area contributed by atoms with Crippen LogP contribution in [0.15, 0.2) is 18.2 Å². The van der Waals surface area contributed by atoms with Crippen molar-refractivity contribution in [3.63, 3.8) is 0 Å². The van der Waals surface area contributed by atoms with Crippen molar-refractivity contribution < 1.29 is 23.1 Å². The van der Waals surface area contributed by atoms with Crippen molar-refractivity contribution in [2.45, 2.75) is 25.8 Å². The summed E-state index contributed by atoms with van der Waals surface area (Å²) < 4.78 is 31.5. The highest BCUT2D eigenvalue weighted by molar-refractivity contribution is 5.85. The zero-order valence-corrected chi connectivity index (χ0v) is 12.2. The predicted molar refractivity (Wildman–Crippen MR) is 73.4 cm³/mol. The number of benzene rings is 1. The molecule has 0 unspecified atom stereocenters. The Morgan fingerprint density at radius 3 is 2.45 bits per heavy atom. The van der Waals surface area contributed by atoms with Gasteiger partial charge in [0.1, 0.15) is 17.7 Å². The molecule has 1 amide bonds. The molecule has 0 bridgehead atoms. The van der Waals surface area contributed by atoms with Crippen LogP contribution in [0.3, 0.4) is 0 Å². The number of amides is 1. The van der Waals surface area contributed by atoms with Gasteiger partial charge in [0, 0.05) is 11.5 Å². The zero-order chi connectivity index (χ0) is 16.7. The Morgan fingerprint density at radius 1 is 1.36 bits per heavy atom. The summed E-state index contributed by atoms with van der Waals surface area (Å²) in [6, 6.07) is 4.17. The number of ether oxygens (including phenoxy) is 1. The standard InChI is InChI=1S/C15H16F2N2O3/c1-9(8-18)6-13(15(21)22-2)19-14(20)7-10-11(16)4-3-5-12(10)17/h3-5,9,13H,6-7H2,1-2H3,(H,19,20)/t9-,13+/m0/s1. The number of nitrogens with zero attached hydrogens (tertiary/aromatic N) is 1. The lowest BCUT2D eigenvalue weighted by Crippen LogP contribution is -2.43. The molecule has 0 aliphatic rings. The molecule has 0 aromatic heterocycles. The van der Waals surface area contributed by atoms with Gasteiger partial charge in [-0.25, -0.2) is 13.6 Å². The largest absolute Gasteiger partial charge is 0.467 e. The summed E-state index contributed by atoms with van der Waals surface area (Å²) in [5, 5.41) is 11.1. The van der Waals surface area contributed by atoms with E-state index in [0.717, 1.165) is 19.2 Å². The first-order chi connectivity index (χ1) is 10.4. The van der Waals surface area contributed by atoms with Crippen molar-refractivity contribution in [3.8, 4) is 6.07 Å². The van der Waals surface area contributed by atoms with E-state index in [0.29, 0.717) is 0 Å². The van der Waals surface area contributed by atoms with E-state index in [2.05, 4.69) is 10.1 Å². The van der Waals surface area contributed by atoms with Gasteiger partial charge in [0.25, 0.3) is 0 Å². The molecular formula is C15H16F2N2O3. The molecule has 2 atom stereocenters. The van der Waals surface area contributed by atoms with Crippen LogP contribution in [0.5, 0.6) is 0 Å². The van der Waals surface area contributed by atoms with Gasteiger partial charge in [0.05, 0.1) is 19.6 Å². The van der Waals surface area contributed by atoms with Gasteiger partial charge in [-0.2, -0.15) is 5.26 Å². The van der Waals surface area contributed by atoms with Crippen molar-refractivity contribution in [3.05, 3.63) is 35.4 Å². The van der Waals surface area contributed by atoms with Crippen LogP contribution in [0.2, 0.25) is 0 Å². The summed E-state index contributed by atoms with van der Waals surface area (Å²) >= 11 is 0. The second-order valence-electron chi connectivity index (χ2n) is 4.79. The van der Waals surface area contributed by atoms with Crippen LogP contribution in [-0.4, -0.2) is 25.0 Å². The van der Waals surface area contributed by atoms with Gasteiger partial charge in [0.2, 0.25) is 5.91 Å². The molecule has 1 N–H and O–H groups in total. The van der Waals surface area contributed by atoms with Crippen molar-refractivity contribution in [2.24, 2.45) is 5.92 Å². The third-order valence-corrected chi connectivity index (χ3v) is 3.03. The van der Waals surface area contributed by atoms with Crippen LogP contribution in [0, 0.1) is 28.9 Å². The number of nitrogens with one attached hydrogen (secondary N) is 1. The SMILES string of the molecule is COC(=O)[C@@H](C[C@H](C)C#N)NC(=O)Cc1c(F)cccc1F. The Kier molecular flexibility index (Phi) is 6.45. The molecule has 0 saturated heterocycles. The Bertz CT molecular complexity index is 579. The van der Waals surface area contributed by atoms with Crippen LogP contribution < -0.4 is 5.32 Å². The maximum atomic E-state index is 13.5. The molecule has 0 spiro atoms. The van der Waals surface area contributed by atoms with Crippen molar-refractivity contribution in [2.75, 3.05) is 7.11 Å². The molecule has 118 valence electrons. The number of halogens is 2. The minimum atomic E-state index is -1.04. The second-order valence-corrected chi connectivity index (χ2v) is 4.79. The molecule has 5 nitrogen and oxygen atoms in total. The molecule has 7 heteroatoms. The van der Waals surface area contributed by atoms with Crippen molar-refractivity contribution in [1.29, 1.82) is 5.26 Å². The van der Waals surface area contributed by atoms with Crippen molar-refractivity contribution >= 4 is 11.9 Å². The fourth-order valence-electron chi connectivity index (χ4n) is 1.87. The molecule has 1 aromatic rings. The van der Waals surface area contributed by atoms with E-state index in [-0.39, 0.29) is 12.0 Å². The minimum absolute atomic E-state index is 0.0503. The van der Waals surface area contributed by atoms with Crippen LogP contribution in [-0.2, 0) is 20.7 Å². The van der Waals surface area contributed by atoms with E-state index in [1.165, 1.54) is 6.07 Å². The highest BCUT2D eigenvalue weighted by atomic mass is 19.1. The predicted octanol–water partition coefficient (Wildman–Crippen LogP) is 1.71. The number of carbonyl (C=O) groups is 2. The summed E-state index contributed by atoms with van der Waals surface area (Å²) in [4.78, 5) is 23.5. The first-order valence-corrected chi connectivity index (χ1v) is 6.58. The van der Waals surface area contributed by atoms with Gasteiger partial charge < -0.3 is 10.1 Å². The highest BCUT2D eigenvalue weighted by Gasteiger charge is 2.24. The van der Waals surface area contributed by atoms with E-state index >= 15 is 0 Å². The number of hydrogen-bond donors (Lipinski definition) is 1. The molecule has 0 aliphatic carbocycles. The Hall–Kier alpha value is -2.49. The van der Waals surface area contributed by atoms with Crippen LogP contribution >= 0.6 is 0 Å². The quantitative estimate of drug-likeness (QED) is 0.811. The molecular weight excluding hydrogens is 294 g/mol. The lowest BCUT2D eigenvalue weighted by Gasteiger charge is -2.17. The number of methoxy groups -OCH3 is 1. The summed E-state index contributed by atoms with van der Waals surface area (Å²) in [5.41, 5.74) is -0.378. The number of rotatable bonds is 6. The van der Waals surface area contributed by atoms with Gasteiger partial charge in [-0.1, -0.05) is 6.07 Å². The lowest BCUT2D eigenvalue weighted by atomic mass is 10.0. The van der Waals surface area contributed by atoms with Gasteiger partial charge in [-0.05, 0) is 25.5 Å². The summed E-state index contributed by atoms with van der Waals surface area (Å²) in [6.07, 6.45) is -0.498. The average molecular weight is 310 g/mol. The first-order valence-electron chi connectivity index (χ1n) is 6.58. The van der Waals surface area contributed by atoms with E-state index < -0.39 is 41.9 Å².